The Balaban J connectivity index is 4.41. The molecular weight excluding hydrogens is 192 g/mol. The Morgan fingerprint density at radius 1 is 1.38 bits per heavy atom. The van der Waals surface area contributed by atoms with E-state index < -0.39 is 15.7 Å². The van der Waals surface area contributed by atoms with Gasteiger partial charge in [-0.25, -0.2) is 0 Å². The van der Waals surface area contributed by atoms with Gasteiger partial charge in [-0.15, -0.1) is 0 Å². The van der Waals surface area contributed by atoms with E-state index in [1.165, 1.54) is 7.05 Å². The van der Waals surface area contributed by atoms with Crippen molar-refractivity contribution in [2.45, 2.75) is 26.3 Å². The molecular formula is C7H18N2O3S. The lowest BCUT2D eigenvalue weighted by Gasteiger charge is -2.24. The van der Waals surface area contributed by atoms with E-state index in [4.69, 9.17) is 5.11 Å². The van der Waals surface area contributed by atoms with E-state index in [0.29, 0.717) is 0 Å². The average molecular weight is 210 g/mol. The maximum absolute atomic E-state index is 11.4. The number of nitrogens with zero attached hydrogens (tertiary/aromatic N) is 1. The van der Waals surface area contributed by atoms with E-state index in [1.807, 2.05) is 0 Å². The molecule has 0 aromatic rings. The molecule has 0 fully saturated rings. The molecule has 0 aliphatic rings. The van der Waals surface area contributed by atoms with Crippen molar-refractivity contribution in [1.82, 2.24) is 9.03 Å². The SMILES string of the molecule is CN(CCO)S(=O)(=O)NC(C)(C)C. The van der Waals surface area contributed by atoms with Crippen LogP contribution in [0.5, 0.6) is 0 Å². The van der Waals surface area contributed by atoms with E-state index in [2.05, 4.69) is 4.72 Å². The summed E-state index contributed by atoms with van der Waals surface area (Å²) in [5.41, 5.74) is -0.497. The van der Waals surface area contributed by atoms with Crippen LogP contribution >= 0.6 is 0 Å². The first-order chi connectivity index (χ1) is 5.69. The summed E-state index contributed by atoms with van der Waals surface area (Å²) in [5.74, 6) is 0. The molecule has 0 amide bonds. The smallest absolute Gasteiger partial charge is 0.279 e. The minimum absolute atomic E-state index is 0.103. The fourth-order valence-electron chi connectivity index (χ4n) is 0.726. The van der Waals surface area contributed by atoms with Crippen molar-refractivity contribution in [3.8, 4) is 0 Å². The first kappa shape index (κ1) is 12.8. The van der Waals surface area contributed by atoms with Crippen molar-refractivity contribution >= 4 is 10.2 Å². The molecule has 2 N–H and O–H groups in total. The molecule has 0 rings (SSSR count). The van der Waals surface area contributed by atoms with Crippen LogP contribution in [-0.4, -0.2) is 43.6 Å². The van der Waals surface area contributed by atoms with Crippen molar-refractivity contribution < 1.29 is 13.5 Å². The molecule has 0 unspecified atom stereocenters. The topological polar surface area (TPSA) is 69.6 Å². The van der Waals surface area contributed by atoms with Gasteiger partial charge < -0.3 is 5.11 Å². The maximum Gasteiger partial charge on any atom is 0.279 e. The number of hydrogen-bond donors (Lipinski definition) is 2. The van der Waals surface area contributed by atoms with Crippen molar-refractivity contribution in [3.05, 3.63) is 0 Å². The molecule has 6 heteroatoms. The third-order valence-corrected chi connectivity index (χ3v) is 3.13. The summed E-state index contributed by atoms with van der Waals surface area (Å²) in [6.07, 6.45) is 0. The van der Waals surface area contributed by atoms with Gasteiger partial charge >= 0.3 is 0 Å². The van der Waals surface area contributed by atoms with Crippen LogP contribution in [0.2, 0.25) is 0 Å². The van der Waals surface area contributed by atoms with Crippen LogP contribution in [0.25, 0.3) is 0 Å². The molecule has 0 aromatic carbocycles. The number of hydrogen-bond acceptors (Lipinski definition) is 3. The number of nitrogens with one attached hydrogen (secondary N) is 1. The van der Waals surface area contributed by atoms with E-state index >= 15 is 0 Å². The molecule has 0 bridgehead atoms. The number of rotatable bonds is 4. The Morgan fingerprint density at radius 2 is 1.85 bits per heavy atom. The standard InChI is InChI=1S/C7H18N2O3S/c1-7(2,3)8-13(11,12)9(4)5-6-10/h8,10H,5-6H2,1-4H3. The van der Waals surface area contributed by atoms with Gasteiger partial charge in [0.15, 0.2) is 0 Å². The fraction of sp³-hybridized carbons (Fsp3) is 1.00. The van der Waals surface area contributed by atoms with Gasteiger partial charge in [0, 0.05) is 19.1 Å². The lowest BCUT2D eigenvalue weighted by molar-refractivity contribution is 0.264. The van der Waals surface area contributed by atoms with Crippen molar-refractivity contribution in [3.63, 3.8) is 0 Å². The predicted molar refractivity (Wildman–Crippen MR) is 51.5 cm³/mol. The second kappa shape index (κ2) is 4.36. The van der Waals surface area contributed by atoms with Gasteiger partial charge in [0.25, 0.3) is 10.2 Å². The third kappa shape index (κ3) is 5.20. The summed E-state index contributed by atoms with van der Waals surface area (Å²) in [6.45, 7) is 5.21. The summed E-state index contributed by atoms with van der Waals surface area (Å²) in [7, 11) is -2.04. The highest BCUT2D eigenvalue weighted by atomic mass is 32.2. The van der Waals surface area contributed by atoms with E-state index in [9.17, 15) is 8.42 Å². The highest BCUT2D eigenvalue weighted by Gasteiger charge is 2.23. The second-order valence-corrected chi connectivity index (χ2v) is 5.68. The largest absolute Gasteiger partial charge is 0.395 e. The Hall–Kier alpha value is -0.170. The molecule has 13 heavy (non-hydrogen) atoms. The Kier molecular flexibility index (Phi) is 4.31. The zero-order chi connectivity index (χ0) is 10.7. The fourth-order valence-corrected chi connectivity index (χ4v) is 1.98. The van der Waals surface area contributed by atoms with Gasteiger partial charge in [0.2, 0.25) is 0 Å². The van der Waals surface area contributed by atoms with Gasteiger partial charge in [0.05, 0.1) is 6.61 Å². The molecule has 0 radical (unpaired) electrons. The minimum Gasteiger partial charge on any atom is -0.395 e. The van der Waals surface area contributed by atoms with Crippen molar-refractivity contribution in [2.24, 2.45) is 0 Å². The van der Waals surface area contributed by atoms with Crippen molar-refractivity contribution in [1.29, 1.82) is 0 Å². The molecule has 0 heterocycles. The molecule has 0 aliphatic carbocycles. The lowest BCUT2D eigenvalue weighted by Crippen LogP contribution is -2.48. The predicted octanol–water partition coefficient (Wildman–Crippen LogP) is -0.457. The number of aliphatic hydroxyl groups excluding tert-OH is 1. The zero-order valence-corrected chi connectivity index (χ0v) is 9.35. The summed E-state index contributed by atoms with van der Waals surface area (Å²) < 4.78 is 26.4. The zero-order valence-electron chi connectivity index (χ0n) is 8.53. The van der Waals surface area contributed by atoms with Gasteiger partial charge in [-0.2, -0.15) is 17.4 Å². The average Bonchev–Trinajstić information content (AvgIpc) is 1.82. The molecule has 0 spiro atoms. The van der Waals surface area contributed by atoms with Crippen LogP contribution in [0, 0.1) is 0 Å². The highest BCUT2D eigenvalue weighted by Crippen LogP contribution is 2.04. The molecule has 80 valence electrons. The molecule has 0 aliphatic heterocycles. The normalized spacial score (nSPS) is 13.7. The second-order valence-electron chi connectivity index (χ2n) is 3.90. The first-order valence-electron chi connectivity index (χ1n) is 4.05. The lowest BCUT2D eigenvalue weighted by atomic mass is 10.1. The van der Waals surface area contributed by atoms with Gasteiger partial charge in [-0.05, 0) is 20.8 Å². The van der Waals surface area contributed by atoms with Crippen molar-refractivity contribution in [2.75, 3.05) is 20.2 Å². The summed E-state index contributed by atoms with van der Waals surface area (Å²) >= 11 is 0. The first-order valence-corrected chi connectivity index (χ1v) is 5.49. The minimum atomic E-state index is -3.46. The van der Waals surface area contributed by atoms with Gasteiger partial charge in [-0.3, -0.25) is 0 Å². The maximum atomic E-state index is 11.4. The Bertz CT molecular complexity index is 243. The number of likely N-dealkylation sites (N-methyl/N-ethyl adjacent to an activating group) is 1. The van der Waals surface area contributed by atoms with E-state index in [1.54, 1.807) is 20.8 Å². The highest BCUT2D eigenvalue weighted by molar-refractivity contribution is 7.87. The van der Waals surface area contributed by atoms with E-state index in [0.717, 1.165) is 4.31 Å². The van der Waals surface area contributed by atoms with Crippen LogP contribution in [0.3, 0.4) is 0 Å². The molecule has 0 atom stereocenters. The molecule has 0 saturated carbocycles. The summed E-state index contributed by atoms with van der Waals surface area (Å²) in [4.78, 5) is 0. The van der Waals surface area contributed by atoms with E-state index in [-0.39, 0.29) is 13.2 Å². The molecule has 0 saturated heterocycles. The van der Waals surface area contributed by atoms with Crippen LogP contribution in [0.4, 0.5) is 0 Å². The van der Waals surface area contributed by atoms with Crippen LogP contribution < -0.4 is 4.72 Å². The monoisotopic (exact) mass is 210 g/mol. The van der Waals surface area contributed by atoms with Crippen LogP contribution in [-0.2, 0) is 10.2 Å². The number of aliphatic hydroxyl groups is 1. The summed E-state index contributed by atoms with van der Waals surface area (Å²) in [6, 6.07) is 0. The quantitative estimate of drug-likeness (QED) is 0.660. The molecule has 0 aromatic heterocycles. The Morgan fingerprint density at radius 3 is 2.15 bits per heavy atom. The van der Waals surface area contributed by atoms with Gasteiger partial charge in [0.1, 0.15) is 0 Å². The molecule has 5 nitrogen and oxygen atoms in total. The summed E-state index contributed by atoms with van der Waals surface area (Å²) in [5, 5.41) is 8.56. The third-order valence-electron chi connectivity index (χ3n) is 1.26. The van der Waals surface area contributed by atoms with Crippen LogP contribution in [0.15, 0.2) is 0 Å². The van der Waals surface area contributed by atoms with Crippen LogP contribution in [0.1, 0.15) is 20.8 Å². The van der Waals surface area contributed by atoms with Gasteiger partial charge in [-0.1, -0.05) is 0 Å². The Labute approximate surface area is 79.9 Å².